The zero-order chi connectivity index (χ0) is 21.8. The zero-order valence-corrected chi connectivity index (χ0v) is 21.1. The van der Waals surface area contributed by atoms with Crippen LogP contribution in [0.3, 0.4) is 0 Å². The summed E-state index contributed by atoms with van der Waals surface area (Å²) in [6.07, 6.45) is 0. The first-order valence-electron chi connectivity index (χ1n) is 9.64. The largest absolute Gasteiger partial charge is 0.269 e. The van der Waals surface area contributed by atoms with Crippen LogP contribution in [-0.4, -0.2) is 7.91 Å². The van der Waals surface area contributed by atoms with Gasteiger partial charge >= 0.3 is 0 Å². The molecule has 2 heterocycles. The molecule has 0 aliphatic carbocycles. The summed E-state index contributed by atoms with van der Waals surface area (Å²) in [4.78, 5) is 27.8. The van der Waals surface area contributed by atoms with Gasteiger partial charge in [0.1, 0.15) is 0 Å². The van der Waals surface area contributed by atoms with Crippen molar-refractivity contribution in [3.8, 4) is 0 Å². The third kappa shape index (κ3) is 3.79. The lowest BCUT2D eigenvalue weighted by molar-refractivity contribution is 0.420. The lowest BCUT2D eigenvalue weighted by atomic mass is 10.1. The predicted octanol–water partition coefficient (Wildman–Crippen LogP) is 6.75. The topological polar surface area (TPSA) is 44.0 Å². The first-order chi connectivity index (χ1) is 14.0. The van der Waals surface area contributed by atoms with E-state index in [2.05, 4.69) is 12.1 Å². The quantitative estimate of drug-likeness (QED) is 0.307. The molecule has 0 aliphatic heterocycles. The number of rotatable bonds is 3. The summed E-state index contributed by atoms with van der Waals surface area (Å²) in [5.74, 6) is 0. The predicted molar refractivity (Wildman–Crippen MR) is 134 cm³/mol. The SMILES string of the molecule is CC(C)(C)n1sc2c(SSc3cccc4c(=O)n(C(C)(C)C)sc34)cccc2c1=O. The van der Waals surface area contributed by atoms with Crippen LogP contribution >= 0.6 is 44.7 Å². The Morgan fingerprint density at radius 1 is 0.667 bits per heavy atom. The van der Waals surface area contributed by atoms with Crippen molar-refractivity contribution < 1.29 is 0 Å². The molecule has 0 fully saturated rings. The maximum absolute atomic E-state index is 12.8. The van der Waals surface area contributed by atoms with Crippen LogP contribution in [0.1, 0.15) is 41.5 Å². The van der Waals surface area contributed by atoms with Crippen molar-refractivity contribution in [2.24, 2.45) is 0 Å². The van der Waals surface area contributed by atoms with E-state index >= 15 is 0 Å². The molecule has 0 bridgehead atoms. The van der Waals surface area contributed by atoms with Crippen molar-refractivity contribution >= 4 is 64.8 Å². The highest BCUT2D eigenvalue weighted by Crippen LogP contribution is 2.44. The van der Waals surface area contributed by atoms with Gasteiger partial charge in [0.15, 0.2) is 0 Å². The number of hydrogen-bond donors (Lipinski definition) is 0. The van der Waals surface area contributed by atoms with Crippen molar-refractivity contribution in [2.45, 2.75) is 62.4 Å². The first kappa shape index (κ1) is 21.7. The van der Waals surface area contributed by atoms with E-state index < -0.39 is 0 Å². The molecule has 0 N–H and O–H groups in total. The van der Waals surface area contributed by atoms with Crippen LogP contribution in [0.4, 0.5) is 0 Å². The molecule has 0 unspecified atom stereocenters. The Labute approximate surface area is 191 Å². The maximum atomic E-state index is 12.8. The summed E-state index contributed by atoms with van der Waals surface area (Å²) < 4.78 is 5.73. The number of benzene rings is 2. The van der Waals surface area contributed by atoms with Gasteiger partial charge < -0.3 is 0 Å². The highest BCUT2D eigenvalue weighted by molar-refractivity contribution is 8.76. The molecule has 0 amide bonds. The van der Waals surface area contributed by atoms with Crippen molar-refractivity contribution in [2.75, 3.05) is 0 Å². The molecule has 2 aromatic heterocycles. The second-order valence-electron chi connectivity index (χ2n) is 9.16. The lowest BCUT2D eigenvalue weighted by Crippen LogP contribution is -2.29. The zero-order valence-electron chi connectivity index (χ0n) is 17.8. The molecule has 0 radical (unpaired) electrons. The summed E-state index contributed by atoms with van der Waals surface area (Å²) in [6, 6.07) is 11.8. The monoisotopic (exact) mass is 476 g/mol. The second-order valence-corrected chi connectivity index (χ2v) is 13.3. The molecular weight excluding hydrogens is 453 g/mol. The Morgan fingerprint density at radius 2 is 1.03 bits per heavy atom. The van der Waals surface area contributed by atoms with Crippen LogP contribution in [0.15, 0.2) is 55.8 Å². The molecular formula is C22H24N2O2S4. The van der Waals surface area contributed by atoms with Crippen LogP contribution in [0.5, 0.6) is 0 Å². The van der Waals surface area contributed by atoms with E-state index in [0.717, 1.165) is 30.0 Å². The van der Waals surface area contributed by atoms with Crippen molar-refractivity contribution in [3.63, 3.8) is 0 Å². The molecule has 30 heavy (non-hydrogen) atoms. The third-order valence-corrected chi connectivity index (χ3v) is 10.3. The third-order valence-electron chi connectivity index (χ3n) is 4.59. The standard InChI is InChI=1S/C22H24N2O2S4/c1-21(2,3)23-19(25)13-9-7-11-15(17(13)27-23)29-30-16-12-8-10-14-18(16)28-24(20(14)26)22(4,5)6/h7-12H,1-6H3. The Hall–Kier alpha value is -1.48. The lowest BCUT2D eigenvalue weighted by Gasteiger charge is -2.18. The van der Waals surface area contributed by atoms with E-state index in [1.165, 1.54) is 23.1 Å². The molecule has 0 atom stereocenters. The van der Waals surface area contributed by atoms with Crippen LogP contribution in [0, 0.1) is 0 Å². The molecule has 158 valence electrons. The Balaban J connectivity index is 1.74. The minimum atomic E-state index is -0.247. The normalized spacial score (nSPS) is 12.9. The molecule has 2 aromatic carbocycles. The minimum Gasteiger partial charge on any atom is -0.268 e. The van der Waals surface area contributed by atoms with Crippen molar-refractivity contribution in [1.82, 2.24) is 7.91 Å². The number of aromatic nitrogens is 2. The van der Waals surface area contributed by atoms with E-state index in [1.807, 2.05) is 73.7 Å². The van der Waals surface area contributed by atoms with E-state index in [1.54, 1.807) is 21.6 Å². The van der Waals surface area contributed by atoms with E-state index in [-0.39, 0.29) is 22.2 Å². The van der Waals surface area contributed by atoms with Gasteiger partial charge in [0.05, 0.1) is 31.3 Å². The first-order valence-corrected chi connectivity index (χ1v) is 13.3. The van der Waals surface area contributed by atoms with Crippen LogP contribution in [0.2, 0.25) is 0 Å². The fourth-order valence-electron chi connectivity index (χ4n) is 3.15. The van der Waals surface area contributed by atoms with Crippen LogP contribution in [0.25, 0.3) is 20.2 Å². The highest BCUT2D eigenvalue weighted by Gasteiger charge is 2.22. The van der Waals surface area contributed by atoms with Gasteiger partial charge in [0, 0.05) is 9.79 Å². The second kappa shape index (κ2) is 7.58. The summed E-state index contributed by atoms with van der Waals surface area (Å²) in [7, 11) is 3.29. The molecule has 0 saturated heterocycles. The molecule has 4 aromatic rings. The summed E-state index contributed by atoms with van der Waals surface area (Å²) in [6.45, 7) is 12.3. The smallest absolute Gasteiger partial charge is 0.268 e. The van der Waals surface area contributed by atoms with Gasteiger partial charge in [-0.1, -0.05) is 56.8 Å². The molecule has 4 rings (SSSR count). The molecule has 4 nitrogen and oxygen atoms in total. The maximum Gasteiger partial charge on any atom is 0.269 e. The molecule has 0 spiro atoms. The van der Waals surface area contributed by atoms with Gasteiger partial charge in [0.2, 0.25) is 0 Å². The number of fused-ring (bicyclic) bond motifs is 2. The summed E-state index contributed by atoms with van der Waals surface area (Å²) in [5, 5.41) is 1.53. The Bertz CT molecular complexity index is 1250. The van der Waals surface area contributed by atoms with Crippen LogP contribution in [-0.2, 0) is 11.1 Å². The van der Waals surface area contributed by atoms with Gasteiger partial charge in [0.25, 0.3) is 11.1 Å². The van der Waals surface area contributed by atoms with Gasteiger partial charge in [-0.25, -0.2) is 0 Å². The van der Waals surface area contributed by atoms with Gasteiger partial charge in [-0.15, -0.1) is 0 Å². The fourth-order valence-corrected chi connectivity index (χ4v) is 8.23. The van der Waals surface area contributed by atoms with Crippen molar-refractivity contribution in [3.05, 3.63) is 57.1 Å². The van der Waals surface area contributed by atoms with E-state index in [9.17, 15) is 9.59 Å². The van der Waals surface area contributed by atoms with E-state index in [0.29, 0.717) is 0 Å². The Morgan fingerprint density at radius 3 is 1.37 bits per heavy atom. The fraction of sp³-hybridized carbons (Fsp3) is 0.364. The summed E-state index contributed by atoms with van der Waals surface area (Å²) >= 11 is 3.05. The average molecular weight is 477 g/mol. The number of hydrogen-bond acceptors (Lipinski definition) is 6. The van der Waals surface area contributed by atoms with Gasteiger partial charge in [-0.2, -0.15) is 0 Å². The average Bonchev–Trinajstić information content (AvgIpc) is 3.18. The molecule has 0 saturated carbocycles. The van der Waals surface area contributed by atoms with Crippen molar-refractivity contribution in [1.29, 1.82) is 0 Å². The highest BCUT2D eigenvalue weighted by atomic mass is 33.1. The summed E-state index contributed by atoms with van der Waals surface area (Å²) in [5.41, 5.74) is -0.359. The van der Waals surface area contributed by atoms with Crippen LogP contribution < -0.4 is 11.1 Å². The van der Waals surface area contributed by atoms with Gasteiger partial charge in [-0.3, -0.25) is 17.5 Å². The van der Waals surface area contributed by atoms with E-state index in [4.69, 9.17) is 0 Å². The van der Waals surface area contributed by atoms with Gasteiger partial charge in [-0.05, 0) is 65.8 Å². The Kier molecular flexibility index (Phi) is 5.50. The molecule has 8 heteroatoms. The molecule has 0 aliphatic rings. The minimum absolute atomic E-state index is 0.0672. The number of nitrogens with zero attached hydrogens (tertiary/aromatic N) is 2.